The molecule has 18 heavy (non-hydrogen) atoms. The molecule has 0 N–H and O–H groups in total. The Labute approximate surface area is 140 Å². The third kappa shape index (κ3) is 9.07. The van der Waals surface area contributed by atoms with Crippen LogP contribution in [-0.4, -0.2) is 0 Å². The molecule has 0 saturated carbocycles. The zero-order chi connectivity index (χ0) is 11.6. The van der Waals surface area contributed by atoms with Crippen molar-refractivity contribution in [3.05, 3.63) is 67.8 Å². The molecule has 0 spiro atoms. The van der Waals surface area contributed by atoms with E-state index in [0.717, 1.165) is 7.14 Å². The van der Waals surface area contributed by atoms with Crippen LogP contribution in [0.4, 0.5) is 0 Å². The summed E-state index contributed by atoms with van der Waals surface area (Å²) in [6.45, 7) is 0. The van der Waals surface area contributed by atoms with Crippen molar-refractivity contribution in [1.29, 1.82) is 0 Å². The smallest absolute Gasteiger partial charge is 0.182 e. The topological polar surface area (TPSA) is 34.1 Å². The Bertz CT molecular complexity index is 395. The molecular weight excluding hydrogens is 501 g/mol. The van der Waals surface area contributed by atoms with Gasteiger partial charge in [0.1, 0.15) is 0 Å². The van der Waals surface area contributed by atoms with Crippen LogP contribution >= 0.6 is 67.2 Å². The lowest BCUT2D eigenvalue weighted by atomic mass is 10.4. The zero-order valence-corrected chi connectivity index (χ0v) is 15.1. The fraction of sp³-hybridized carbons (Fsp3) is 0. The monoisotopic (exact) mass is 512 g/mol. The quantitative estimate of drug-likeness (QED) is 0.519. The molecule has 0 aliphatic carbocycles. The summed E-state index contributed by atoms with van der Waals surface area (Å²) < 4.78 is 22.4. The van der Waals surface area contributed by atoms with Crippen LogP contribution in [-0.2, 0) is 6.14 Å². The van der Waals surface area contributed by atoms with Gasteiger partial charge in [-0.25, -0.2) is 0 Å². The second-order valence-corrected chi connectivity index (χ2v) is 6.12. The fourth-order valence-corrected chi connectivity index (χ4v) is 2.35. The van der Waals surface area contributed by atoms with Gasteiger partial charge in [0.2, 0.25) is 0 Å². The lowest BCUT2D eigenvalue weighted by molar-refractivity contribution is 0.647. The highest BCUT2D eigenvalue weighted by atomic mass is 127. The Hall–Kier alpha value is 0.0800. The molecular formula is C12H12Cl2I2O2. The first kappa shape index (κ1) is 20.4. The van der Waals surface area contributed by atoms with E-state index in [0.29, 0.717) is 0 Å². The molecule has 0 aliphatic heterocycles. The molecule has 100 valence electrons. The van der Waals surface area contributed by atoms with Crippen LogP contribution < -0.4 is 0 Å². The van der Waals surface area contributed by atoms with Gasteiger partial charge < -0.3 is 0 Å². The van der Waals surface area contributed by atoms with Crippen molar-refractivity contribution >= 4 is 67.2 Å². The van der Waals surface area contributed by atoms with Crippen LogP contribution in [0.2, 0.25) is 0 Å². The van der Waals surface area contributed by atoms with Crippen molar-refractivity contribution in [3.8, 4) is 0 Å². The second kappa shape index (κ2) is 13.5. The molecule has 6 heteroatoms. The van der Waals surface area contributed by atoms with E-state index in [4.69, 9.17) is 0 Å². The first-order valence-electron chi connectivity index (χ1n) is 4.51. The van der Waals surface area contributed by atoms with E-state index in [2.05, 4.69) is 0 Å². The molecule has 0 bridgehead atoms. The van der Waals surface area contributed by atoms with Gasteiger partial charge in [-0.05, 0) is 24.3 Å². The number of halogens is 4. The van der Waals surface area contributed by atoms with Crippen LogP contribution in [0.3, 0.4) is 0 Å². The maximum atomic E-state index is 10.2. The molecule has 0 saturated heterocycles. The minimum absolute atomic E-state index is 0. The lowest BCUT2D eigenvalue weighted by Crippen LogP contribution is -1.63. The van der Waals surface area contributed by atoms with Crippen molar-refractivity contribution < 1.29 is 6.14 Å². The standard InChI is InChI=1S/2C6H5IO.2ClH/c2*8-7-6-4-2-1-3-5-6;;/h2*1-5H;2*1H. The highest BCUT2D eigenvalue weighted by Gasteiger charge is 1.82. The van der Waals surface area contributed by atoms with Gasteiger partial charge in [-0.15, -0.1) is 24.8 Å². The summed E-state index contributed by atoms with van der Waals surface area (Å²) >= 11 is -1.88. The molecule has 2 aromatic rings. The van der Waals surface area contributed by atoms with E-state index in [1.807, 2.05) is 60.7 Å². The summed E-state index contributed by atoms with van der Waals surface area (Å²) in [5.74, 6) is 0. The van der Waals surface area contributed by atoms with Gasteiger partial charge in [-0.1, -0.05) is 36.4 Å². The van der Waals surface area contributed by atoms with Crippen LogP contribution in [0.5, 0.6) is 0 Å². The molecule has 0 aliphatic rings. The van der Waals surface area contributed by atoms with Gasteiger partial charge in [-0.2, -0.15) is 0 Å². The van der Waals surface area contributed by atoms with Crippen LogP contribution in [0.15, 0.2) is 60.7 Å². The van der Waals surface area contributed by atoms with E-state index in [1.54, 1.807) is 0 Å². The van der Waals surface area contributed by atoms with E-state index in [9.17, 15) is 6.14 Å². The van der Waals surface area contributed by atoms with Crippen molar-refractivity contribution in [2.45, 2.75) is 0 Å². The molecule has 0 atom stereocenters. The van der Waals surface area contributed by atoms with Crippen LogP contribution in [0, 0.1) is 7.14 Å². The zero-order valence-electron chi connectivity index (χ0n) is 9.16. The third-order valence-electron chi connectivity index (χ3n) is 1.64. The summed E-state index contributed by atoms with van der Waals surface area (Å²) in [7, 11) is 0. The summed E-state index contributed by atoms with van der Waals surface area (Å²) in [5.41, 5.74) is 0. The minimum atomic E-state index is -0.941. The Morgan fingerprint density at radius 3 is 1.00 bits per heavy atom. The van der Waals surface area contributed by atoms with E-state index < -0.39 is 42.4 Å². The molecule has 0 unspecified atom stereocenters. The van der Waals surface area contributed by atoms with E-state index in [-0.39, 0.29) is 24.8 Å². The highest BCUT2D eigenvalue weighted by Crippen LogP contribution is 2.07. The average molecular weight is 513 g/mol. The predicted molar refractivity (Wildman–Crippen MR) is 94.2 cm³/mol. The van der Waals surface area contributed by atoms with Gasteiger partial charge in [0, 0.05) is 7.14 Å². The summed E-state index contributed by atoms with van der Waals surface area (Å²) in [6.07, 6.45) is 0. The van der Waals surface area contributed by atoms with E-state index in [1.165, 1.54) is 0 Å². The van der Waals surface area contributed by atoms with Crippen molar-refractivity contribution in [3.63, 3.8) is 0 Å². The van der Waals surface area contributed by atoms with E-state index >= 15 is 0 Å². The number of benzene rings is 2. The van der Waals surface area contributed by atoms with Crippen molar-refractivity contribution in [2.75, 3.05) is 0 Å². The molecule has 0 aromatic heterocycles. The predicted octanol–water partition coefficient (Wildman–Crippen LogP) is 5.19. The summed E-state index contributed by atoms with van der Waals surface area (Å²) in [5, 5.41) is 0. The van der Waals surface area contributed by atoms with Crippen molar-refractivity contribution in [1.82, 2.24) is 0 Å². The van der Waals surface area contributed by atoms with Crippen LogP contribution in [0.1, 0.15) is 0 Å². The maximum Gasteiger partial charge on any atom is 0.182 e. The van der Waals surface area contributed by atoms with Crippen molar-refractivity contribution in [2.24, 2.45) is 0 Å². The molecule has 0 fully saturated rings. The number of hydrogen-bond donors (Lipinski definition) is 0. The normalized spacial score (nSPS) is 8.00. The highest BCUT2D eigenvalue weighted by molar-refractivity contribution is 14.2. The first-order chi connectivity index (χ1) is 7.86. The largest absolute Gasteiger partial charge is 0.265 e. The molecule has 2 aromatic carbocycles. The molecule has 0 radical (unpaired) electrons. The lowest BCUT2D eigenvalue weighted by Gasteiger charge is -1.80. The average Bonchev–Trinajstić information content (AvgIpc) is 2.41. The van der Waals surface area contributed by atoms with Gasteiger partial charge in [-0.3, -0.25) is 6.14 Å². The molecule has 0 amide bonds. The number of hydrogen-bond acceptors (Lipinski definition) is 2. The fourth-order valence-electron chi connectivity index (χ4n) is 0.932. The molecule has 2 rings (SSSR count). The van der Waals surface area contributed by atoms with Gasteiger partial charge in [0.05, 0.1) is 0 Å². The summed E-state index contributed by atoms with van der Waals surface area (Å²) in [4.78, 5) is 0. The summed E-state index contributed by atoms with van der Waals surface area (Å²) in [6, 6.07) is 18.9. The maximum absolute atomic E-state index is 10.2. The van der Waals surface area contributed by atoms with Gasteiger partial charge in [0.15, 0.2) is 42.4 Å². The SMILES string of the molecule is Cl.Cl.O=Ic1ccccc1.O=Ic1ccccc1. The minimum Gasteiger partial charge on any atom is -0.265 e. The van der Waals surface area contributed by atoms with Gasteiger partial charge >= 0.3 is 0 Å². The number of rotatable bonds is 2. The first-order valence-corrected chi connectivity index (χ1v) is 8.43. The Balaban J connectivity index is 0. The molecule has 0 heterocycles. The van der Waals surface area contributed by atoms with Crippen LogP contribution in [0.25, 0.3) is 0 Å². The Morgan fingerprint density at radius 2 is 0.833 bits per heavy atom. The Morgan fingerprint density at radius 1 is 0.556 bits per heavy atom. The third-order valence-corrected chi connectivity index (χ3v) is 4.10. The van der Waals surface area contributed by atoms with Gasteiger partial charge in [0.25, 0.3) is 0 Å². The second-order valence-electron chi connectivity index (χ2n) is 2.75. The molecule has 2 nitrogen and oxygen atoms in total. The Kier molecular flexibility index (Phi) is 15.3.